The van der Waals surface area contributed by atoms with Gasteiger partial charge in [0.1, 0.15) is 5.82 Å². The zero-order chi connectivity index (χ0) is 25.1. The molecule has 0 amide bonds. The highest BCUT2D eigenvalue weighted by Gasteiger charge is 2.40. The first kappa shape index (κ1) is 23.3. The fourth-order valence-electron chi connectivity index (χ4n) is 6.67. The summed E-state index contributed by atoms with van der Waals surface area (Å²) in [6.07, 6.45) is 4.74. The van der Waals surface area contributed by atoms with Gasteiger partial charge in [0.25, 0.3) is 0 Å². The van der Waals surface area contributed by atoms with Gasteiger partial charge in [-0.2, -0.15) is 15.1 Å². The number of benzene rings is 1. The van der Waals surface area contributed by atoms with Crippen LogP contribution >= 0.6 is 0 Å². The summed E-state index contributed by atoms with van der Waals surface area (Å²) in [5, 5.41) is 17.0. The Morgan fingerprint density at radius 3 is 2.68 bits per heavy atom. The van der Waals surface area contributed by atoms with Crippen molar-refractivity contribution in [2.24, 2.45) is 0 Å². The molecule has 4 saturated heterocycles. The lowest BCUT2D eigenvalue weighted by molar-refractivity contribution is 0.0264. The second-order valence-electron chi connectivity index (χ2n) is 10.9. The Kier molecular flexibility index (Phi) is 5.80. The highest BCUT2D eigenvalue weighted by Crippen LogP contribution is 2.36. The van der Waals surface area contributed by atoms with Gasteiger partial charge in [-0.3, -0.25) is 4.90 Å². The SMILES string of the molecule is COc1nc(N2C[C@H]3C[C@@H]2CO3)cc(-n2ncc3cc(C)c([C@@H]4CCN(C5CCOC5)C[C@H]4O)cc32)n1. The summed E-state index contributed by atoms with van der Waals surface area (Å²) in [6.45, 7) is 6.95. The molecule has 4 aliphatic rings. The minimum absolute atomic E-state index is 0.0852. The van der Waals surface area contributed by atoms with Gasteiger partial charge < -0.3 is 24.2 Å². The van der Waals surface area contributed by atoms with Crippen LogP contribution in [0, 0.1) is 6.92 Å². The predicted octanol–water partition coefficient (Wildman–Crippen LogP) is 2.05. The summed E-state index contributed by atoms with van der Waals surface area (Å²) in [5.74, 6) is 1.60. The molecule has 10 nitrogen and oxygen atoms in total. The molecule has 2 aromatic heterocycles. The van der Waals surface area contributed by atoms with Crippen LogP contribution < -0.4 is 9.64 Å². The van der Waals surface area contributed by atoms with E-state index in [2.05, 4.69) is 38.8 Å². The molecule has 1 aromatic carbocycles. The predicted molar refractivity (Wildman–Crippen MR) is 138 cm³/mol. The summed E-state index contributed by atoms with van der Waals surface area (Å²) in [4.78, 5) is 14.0. The van der Waals surface area contributed by atoms with Crippen LogP contribution in [0.3, 0.4) is 0 Å². The lowest BCUT2D eigenvalue weighted by Gasteiger charge is -2.39. The molecule has 0 spiro atoms. The Morgan fingerprint density at radius 1 is 1.05 bits per heavy atom. The summed E-state index contributed by atoms with van der Waals surface area (Å²) < 4.78 is 18.7. The standard InChI is InChI=1S/C27H34N6O4/c1-16-7-17-11-28-33(26-10-25(29-27(30-26)35-2)32-12-20-8-19(32)15-37-20)23(17)9-22(16)21-3-5-31(13-24(21)34)18-4-6-36-14-18/h7,9-11,18-21,24,34H,3-6,8,12-15H2,1-2H3/t18?,19-,20-,21+,24-/m1/s1. The Labute approximate surface area is 216 Å². The van der Waals surface area contributed by atoms with Gasteiger partial charge in [0, 0.05) is 43.1 Å². The van der Waals surface area contributed by atoms with Crippen molar-refractivity contribution >= 4 is 16.7 Å². The fraction of sp³-hybridized carbons (Fsp3) is 0.593. The quantitative estimate of drug-likeness (QED) is 0.558. The van der Waals surface area contributed by atoms with Gasteiger partial charge in [-0.05, 0) is 56.0 Å². The van der Waals surface area contributed by atoms with Crippen LogP contribution in [0.2, 0.25) is 0 Å². The van der Waals surface area contributed by atoms with Crippen LogP contribution in [0.25, 0.3) is 16.7 Å². The van der Waals surface area contributed by atoms with E-state index in [0.717, 1.165) is 68.9 Å². The number of fused-ring (bicyclic) bond motifs is 3. The maximum absolute atomic E-state index is 11.2. The number of nitrogens with zero attached hydrogens (tertiary/aromatic N) is 6. The van der Waals surface area contributed by atoms with E-state index in [-0.39, 0.29) is 12.0 Å². The molecule has 1 N–H and O–H groups in total. The number of likely N-dealkylation sites (tertiary alicyclic amines) is 1. The minimum atomic E-state index is -0.416. The summed E-state index contributed by atoms with van der Waals surface area (Å²) in [5.41, 5.74) is 3.33. The third kappa shape index (κ3) is 4.06. The molecule has 1 unspecified atom stereocenters. The van der Waals surface area contributed by atoms with Crippen molar-refractivity contribution in [2.75, 3.05) is 51.5 Å². The van der Waals surface area contributed by atoms with E-state index in [1.54, 1.807) is 7.11 Å². The second-order valence-corrected chi connectivity index (χ2v) is 10.9. The first-order chi connectivity index (χ1) is 18.1. The van der Waals surface area contributed by atoms with Crippen LogP contribution in [0.1, 0.15) is 36.3 Å². The van der Waals surface area contributed by atoms with Gasteiger partial charge in [0.05, 0.1) is 50.3 Å². The number of rotatable bonds is 5. The molecular weight excluding hydrogens is 472 g/mol. The summed E-state index contributed by atoms with van der Waals surface area (Å²) >= 11 is 0. The van der Waals surface area contributed by atoms with Crippen molar-refractivity contribution in [3.63, 3.8) is 0 Å². The lowest BCUT2D eigenvalue weighted by atomic mass is 9.84. The number of piperidine rings is 1. The van der Waals surface area contributed by atoms with Crippen LogP contribution in [0.5, 0.6) is 6.01 Å². The first-order valence-electron chi connectivity index (χ1n) is 13.4. The maximum Gasteiger partial charge on any atom is 0.320 e. The minimum Gasteiger partial charge on any atom is -0.467 e. The van der Waals surface area contributed by atoms with E-state index in [4.69, 9.17) is 19.3 Å². The van der Waals surface area contributed by atoms with Crippen molar-refractivity contribution < 1.29 is 19.3 Å². The number of morpholine rings is 1. The number of methoxy groups -OCH3 is 1. The molecule has 4 aliphatic heterocycles. The molecule has 4 fully saturated rings. The molecule has 0 radical (unpaired) electrons. The monoisotopic (exact) mass is 506 g/mol. The van der Waals surface area contributed by atoms with Crippen LogP contribution in [0.4, 0.5) is 5.82 Å². The van der Waals surface area contributed by atoms with Crippen molar-refractivity contribution in [2.45, 2.75) is 56.4 Å². The largest absolute Gasteiger partial charge is 0.467 e. The van der Waals surface area contributed by atoms with Gasteiger partial charge in [-0.1, -0.05) is 0 Å². The third-order valence-electron chi connectivity index (χ3n) is 8.66. The molecule has 37 heavy (non-hydrogen) atoms. The van der Waals surface area contributed by atoms with E-state index < -0.39 is 6.10 Å². The number of aliphatic hydroxyl groups is 1. The molecule has 0 saturated carbocycles. The van der Waals surface area contributed by atoms with E-state index >= 15 is 0 Å². The molecule has 196 valence electrons. The highest BCUT2D eigenvalue weighted by atomic mass is 16.5. The number of β-amino-alcohol motifs (C(OH)–C–C–N with tert-alkyl or cyclic N) is 1. The topological polar surface area (TPSA) is 98.0 Å². The Bertz CT molecular complexity index is 1310. The van der Waals surface area contributed by atoms with Gasteiger partial charge in [-0.15, -0.1) is 0 Å². The second kappa shape index (κ2) is 9.20. The van der Waals surface area contributed by atoms with E-state index in [0.29, 0.717) is 30.5 Å². The number of aliphatic hydroxyl groups excluding tert-OH is 1. The molecule has 6 heterocycles. The van der Waals surface area contributed by atoms with Gasteiger partial charge in [-0.25, -0.2) is 4.68 Å². The van der Waals surface area contributed by atoms with Crippen LogP contribution in [-0.2, 0) is 9.47 Å². The zero-order valence-electron chi connectivity index (χ0n) is 21.4. The van der Waals surface area contributed by atoms with Gasteiger partial charge in [0.15, 0.2) is 5.82 Å². The van der Waals surface area contributed by atoms with E-state index in [9.17, 15) is 5.11 Å². The number of hydrogen-bond acceptors (Lipinski definition) is 9. The van der Waals surface area contributed by atoms with Crippen LogP contribution in [-0.4, -0.2) is 101 Å². The average Bonchev–Trinajstić information content (AvgIpc) is 3.73. The smallest absolute Gasteiger partial charge is 0.320 e. The van der Waals surface area contributed by atoms with E-state index in [1.165, 1.54) is 11.1 Å². The zero-order valence-corrected chi connectivity index (χ0v) is 21.4. The molecule has 10 heteroatoms. The number of hydrogen-bond donors (Lipinski definition) is 1. The number of aryl methyl sites for hydroxylation is 1. The normalized spacial score (nSPS) is 30.0. The number of aromatic nitrogens is 4. The lowest BCUT2D eigenvalue weighted by Crippen LogP contribution is -2.48. The third-order valence-corrected chi connectivity index (χ3v) is 8.66. The summed E-state index contributed by atoms with van der Waals surface area (Å²) in [7, 11) is 1.59. The molecule has 5 atom stereocenters. The summed E-state index contributed by atoms with van der Waals surface area (Å²) in [6, 6.07) is 7.45. The van der Waals surface area contributed by atoms with Gasteiger partial charge in [0.2, 0.25) is 0 Å². The van der Waals surface area contributed by atoms with E-state index in [1.807, 2.05) is 16.9 Å². The maximum atomic E-state index is 11.2. The molecular formula is C27H34N6O4. The van der Waals surface area contributed by atoms with Crippen LogP contribution in [0.15, 0.2) is 24.4 Å². The van der Waals surface area contributed by atoms with Crippen molar-refractivity contribution in [3.8, 4) is 11.8 Å². The first-order valence-corrected chi connectivity index (χ1v) is 13.4. The Hall–Kier alpha value is -2.79. The molecule has 0 aliphatic carbocycles. The van der Waals surface area contributed by atoms with Crippen molar-refractivity contribution in [1.82, 2.24) is 24.6 Å². The molecule has 3 aromatic rings. The molecule has 2 bridgehead atoms. The fourth-order valence-corrected chi connectivity index (χ4v) is 6.67. The molecule has 7 rings (SSSR count). The van der Waals surface area contributed by atoms with Gasteiger partial charge >= 0.3 is 6.01 Å². The Morgan fingerprint density at radius 2 is 1.95 bits per heavy atom. The highest BCUT2D eigenvalue weighted by molar-refractivity contribution is 5.82. The van der Waals surface area contributed by atoms with Crippen molar-refractivity contribution in [1.29, 1.82) is 0 Å². The van der Waals surface area contributed by atoms with Crippen molar-refractivity contribution in [3.05, 3.63) is 35.5 Å². The number of ether oxygens (including phenoxy) is 3. The number of anilines is 1. The Balaban J connectivity index is 1.22. The average molecular weight is 507 g/mol.